The van der Waals surface area contributed by atoms with Gasteiger partial charge in [-0.1, -0.05) is 11.6 Å². The molecule has 1 atom stereocenters. The summed E-state index contributed by atoms with van der Waals surface area (Å²) in [6.07, 6.45) is -5.15. The Balaban J connectivity index is 2.69. The Hall–Kier alpha value is -1.43. The van der Waals surface area contributed by atoms with E-state index in [1.54, 1.807) is 0 Å². The summed E-state index contributed by atoms with van der Waals surface area (Å²) in [6.45, 7) is 0. The zero-order valence-electron chi connectivity index (χ0n) is 10.1. The van der Waals surface area contributed by atoms with Gasteiger partial charge in [-0.15, -0.1) is 0 Å². The van der Waals surface area contributed by atoms with Crippen LogP contribution in [0, 0.1) is 0 Å². The van der Waals surface area contributed by atoms with E-state index in [0.29, 0.717) is 5.02 Å². The van der Waals surface area contributed by atoms with Gasteiger partial charge in [0.25, 0.3) is 0 Å². The Morgan fingerprint density at radius 3 is 2.42 bits per heavy atom. The highest BCUT2D eigenvalue weighted by Gasteiger charge is 2.39. The molecule has 0 aliphatic rings. The van der Waals surface area contributed by atoms with Crippen molar-refractivity contribution in [1.82, 2.24) is 0 Å². The fourth-order valence-corrected chi connectivity index (χ4v) is 1.56. The van der Waals surface area contributed by atoms with E-state index >= 15 is 0 Å². The number of benzene rings is 1. The highest BCUT2D eigenvalue weighted by Crippen LogP contribution is 2.27. The van der Waals surface area contributed by atoms with Crippen molar-refractivity contribution in [3.63, 3.8) is 0 Å². The lowest BCUT2D eigenvalue weighted by Gasteiger charge is -2.22. The molecule has 19 heavy (non-hydrogen) atoms. The molecule has 0 radical (unpaired) electrons. The molecular formula is C12H13ClF3NO2. The topological polar surface area (TPSA) is 38.3 Å². The van der Waals surface area contributed by atoms with Gasteiger partial charge in [0, 0.05) is 17.1 Å². The van der Waals surface area contributed by atoms with E-state index in [9.17, 15) is 18.0 Å². The summed E-state index contributed by atoms with van der Waals surface area (Å²) in [5.41, 5.74) is 0.289. The molecule has 0 spiro atoms. The van der Waals surface area contributed by atoms with Crippen molar-refractivity contribution in [3.05, 3.63) is 29.3 Å². The molecule has 3 nitrogen and oxygen atoms in total. The van der Waals surface area contributed by atoms with Crippen LogP contribution in [0.1, 0.15) is 12.8 Å². The second kappa shape index (κ2) is 6.65. The van der Waals surface area contributed by atoms with Crippen LogP contribution >= 0.6 is 11.6 Å². The number of nitrogens with one attached hydrogen (secondary N) is 1. The van der Waals surface area contributed by atoms with Gasteiger partial charge in [0.15, 0.2) is 0 Å². The third kappa shape index (κ3) is 5.38. The van der Waals surface area contributed by atoms with Crippen LogP contribution < -0.4 is 5.32 Å². The van der Waals surface area contributed by atoms with Gasteiger partial charge in [-0.2, -0.15) is 13.2 Å². The first kappa shape index (κ1) is 15.6. The molecule has 0 fully saturated rings. The van der Waals surface area contributed by atoms with Crippen LogP contribution in [0.5, 0.6) is 0 Å². The molecule has 0 saturated heterocycles. The first-order chi connectivity index (χ1) is 8.82. The summed E-state index contributed by atoms with van der Waals surface area (Å²) < 4.78 is 42.7. The van der Waals surface area contributed by atoms with Gasteiger partial charge >= 0.3 is 12.1 Å². The maximum absolute atomic E-state index is 12.8. The summed E-state index contributed by atoms with van der Waals surface area (Å²) >= 11 is 5.65. The Kier molecular flexibility index (Phi) is 5.47. The number of methoxy groups -OCH3 is 1. The van der Waals surface area contributed by atoms with Crippen molar-refractivity contribution in [2.24, 2.45) is 0 Å². The number of carbonyl (C=O) groups is 1. The standard InChI is InChI=1S/C12H13ClF3NO2/c1-19-11(18)7-6-10(12(14,15)16)17-9-4-2-8(13)3-5-9/h2-5,10,17H,6-7H2,1H3/t10-/m0/s1. The van der Waals surface area contributed by atoms with Gasteiger partial charge in [-0.05, 0) is 30.7 Å². The summed E-state index contributed by atoms with van der Waals surface area (Å²) in [5.74, 6) is -0.674. The molecule has 0 heterocycles. The molecule has 1 rings (SSSR count). The molecule has 1 aromatic rings. The Morgan fingerprint density at radius 1 is 1.37 bits per heavy atom. The summed E-state index contributed by atoms with van der Waals surface area (Å²) in [5, 5.41) is 2.77. The van der Waals surface area contributed by atoms with Crippen LogP contribution in [0.25, 0.3) is 0 Å². The minimum absolute atomic E-state index is 0.289. The second-order valence-electron chi connectivity index (χ2n) is 3.86. The van der Waals surface area contributed by atoms with Gasteiger partial charge < -0.3 is 10.1 Å². The highest BCUT2D eigenvalue weighted by molar-refractivity contribution is 6.30. The smallest absolute Gasteiger partial charge is 0.408 e. The van der Waals surface area contributed by atoms with E-state index in [-0.39, 0.29) is 12.1 Å². The molecule has 106 valence electrons. The van der Waals surface area contributed by atoms with Crippen LogP contribution in [-0.4, -0.2) is 25.3 Å². The van der Waals surface area contributed by atoms with Crippen LogP contribution in [0.4, 0.5) is 18.9 Å². The minimum atomic E-state index is -4.45. The monoisotopic (exact) mass is 295 g/mol. The molecule has 1 N–H and O–H groups in total. The third-order valence-electron chi connectivity index (χ3n) is 2.45. The minimum Gasteiger partial charge on any atom is -0.469 e. The molecule has 0 aliphatic heterocycles. The molecular weight excluding hydrogens is 283 g/mol. The largest absolute Gasteiger partial charge is 0.469 e. The zero-order chi connectivity index (χ0) is 14.5. The van der Waals surface area contributed by atoms with Crippen molar-refractivity contribution in [2.75, 3.05) is 12.4 Å². The van der Waals surface area contributed by atoms with Crippen molar-refractivity contribution in [3.8, 4) is 0 Å². The molecule has 0 aliphatic carbocycles. The average molecular weight is 296 g/mol. The number of hydrogen-bond acceptors (Lipinski definition) is 3. The van der Waals surface area contributed by atoms with Gasteiger partial charge in [0.2, 0.25) is 0 Å². The molecule has 0 unspecified atom stereocenters. The number of halogens is 4. The first-order valence-electron chi connectivity index (χ1n) is 5.48. The molecule has 0 bridgehead atoms. The first-order valence-corrected chi connectivity index (χ1v) is 5.86. The van der Waals surface area contributed by atoms with Gasteiger partial charge in [-0.25, -0.2) is 0 Å². The van der Waals surface area contributed by atoms with Gasteiger partial charge in [0.05, 0.1) is 7.11 Å². The highest BCUT2D eigenvalue weighted by atomic mass is 35.5. The summed E-state index contributed by atoms with van der Waals surface area (Å²) in [6, 6.07) is 4.04. The SMILES string of the molecule is COC(=O)CC[C@H](Nc1ccc(Cl)cc1)C(F)(F)F. The Bertz CT molecular complexity index is 420. The summed E-state index contributed by atoms with van der Waals surface area (Å²) in [7, 11) is 1.14. The lowest BCUT2D eigenvalue weighted by Crippen LogP contribution is -2.36. The second-order valence-corrected chi connectivity index (χ2v) is 4.30. The van der Waals surface area contributed by atoms with Gasteiger partial charge in [0.1, 0.15) is 6.04 Å². The fourth-order valence-electron chi connectivity index (χ4n) is 1.43. The van der Waals surface area contributed by atoms with E-state index in [1.807, 2.05) is 0 Å². The number of anilines is 1. The van der Waals surface area contributed by atoms with E-state index in [4.69, 9.17) is 11.6 Å². The van der Waals surface area contributed by atoms with Crippen molar-refractivity contribution in [2.45, 2.75) is 25.1 Å². The van der Waals surface area contributed by atoms with Crippen LogP contribution in [-0.2, 0) is 9.53 Å². The molecule has 0 aromatic heterocycles. The number of alkyl halides is 3. The predicted octanol–water partition coefficient (Wildman–Crippen LogP) is 3.64. The lowest BCUT2D eigenvalue weighted by molar-refractivity contribution is -0.149. The van der Waals surface area contributed by atoms with E-state index in [1.165, 1.54) is 24.3 Å². The Morgan fingerprint density at radius 2 is 1.95 bits per heavy atom. The van der Waals surface area contributed by atoms with E-state index in [0.717, 1.165) is 7.11 Å². The van der Waals surface area contributed by atoms with E-state index in [2.05, 4.69) is 10.1 Å². The van der Waals surface area contributed by atoms with Crippen LogP contribution in [0.15, 0.2) is 24.3 Å². The fraction of sp³-hybridized carbons (Fsp3) is 0.417. The number of esters is 1. The number of ether oxygens (including phenoxy) is 1. The molecule has 0 saturated carbocycles. The molecule has 0 amide bonds. The van der Waals surface area contributed by atoms with Crippen LogP contribution in [0.2, 0.25) is 5.02 Å². The average Bonchev–Trinajstić information content (AvgIpc) is 2.34. The normalized spacial score (nSPS) is 12.9. The number of hydrogen-bond donors (Lipinski definition) is 1. The summed E-state index contributed by atoms with van der Waals surface area (Å²) in [4.78, 5) is 10.9. The maximum Gasteiger partial charge on any atom is 0.408 e. The zero-order valence-corrected chi connectivity index (χ0v) is 10.9. The van der Waals surface area contributed by atoms with E-state index < -0.39 is 24.6 Å². The van der Waals surface area contributed by atoms with Crippen molar-refractivity contribution in [1.29, 1.82) is 0 Å². The predicted molar refractivity (Wildman–Crippen MR) is 66.2 cm³/mol. The quantitative estimate of drug-likeness (QED) is 0.843. The molecule has 7 heteroatoms. The Labute approximate surface area is 113 Å². The lowest BCUT2D eigenvalue weighted by atomic mass is 10.1. The van der Waals surface area contributed by atoms with Crippen molar-refractivity contribution >= 4 is 23.3 Å². The number of rotatable bonds is 5. The van der Waals surface area contributed by atoms with Crippen LogP contribution in [0.3, 0.4) is 0 Å². The van der Waals surface area contributed by atoms with Crippen molar-refractivity contribution < 1.29 is 22.7 Å². The van der Waals surface area contributed by atoms with Gasteiger partial charge in [-0.3, -0.25) is 4.79 Å². The number of carbonyl (C=O) groups excluding carboxylic acids is 1. The third-order valence-corrected chi connectivity index (χ3v) is 2.70. The maximum atomic E-state index is 12.8. The molecule has 1 aromatic carbocycles.